The number of benzene rings is 1. The highest BCUT2D eigenvalue weighted by Gasteiger charge is 2.23. The van der Waals surface area contributed by atoms with Gasteiger partial charge in [0.05, 0.1) is 0 Å². The maximum Gasteiger partial charge on any atom is 0.162 e. The zero-order valence-corrected chi connectivity index (χ0v) is 12.3. The maximum absolute atomic E-state index is 12.1. The second-order valence-corrected chi connectivity index (χ2v) is 5.24. The molecule has 0 aliphatic carbocycles. The van der Waals surface area contributed by atoms with Gasteiger partial charge in [0.1, 0.15) is 11.5 Å². The van der Waals surface area contributed by atoms with E-state index in [9.17, 15) is 4.79 Å². The molecule has 0 atom stereocenters. The summed E-state index contributed by atoms with van der Waals surface area (Å²) in [6.07, 6.45) is 3.22. The first-order chi connectivity index (χ1) is 9.06. The lowest BCUT2D eigenvalue weighted by Crippen LogP contribution is -2.16. The van der Waals surface area contributed by atoms with Gasteiger partial charge in [-0.25, -0.2) is 0 Å². The molecule has 1 aromatic rings. The molecular weight excluding hydrogens is 236 g/mol. The van der Waals surface area contributed by atoms with Crippen molar-refractivity contribution in [2.45, 2.75) is 53.4 Å². The molecule has 0 fully saturated rings. The lowest BCUT2D eigenvalue weighted by Gasteiger charge is -2.23. The van der Waals surface area contributed by atoms with E-state index in [2.05, 4.69) is 26.0 Å². The summed E-state index contributed by atoms with van der Waals surface area (Å²) < 4.78 is 5.90. The van der Waals surface area contributed by atoms with E-state index in [0.29, 0.717) is 12.8 Å². The number of ketones is 1. The highest BCUT2D eigenvalue weighted by molar-refractivity contribution is 5.96. The second-order valence-electron chi connectivity index (χ2n) is 5.24. The molecule has 0 aromatic heterocycles. The van der Waals surface area contributed by atoms with E-state index in [1.54, 1.807) is 0 Å². The molecule has 1 aliphatic heterocycles. The van der Waals surface area contributed by atoms with Crippen molar-refractivity contribution in [3.63, 3.8) is 0 Å². The zero-order valence-electron chi connectivity index (χ0n) is 12.3. The molecule has 0 amide bonds. The number of hydrogen-bond acceptors (Lipinski definition) is 2. The van der Waals surface area contributed by atoms with Crippen molar-refractivity contribution in [1.29, 1.82) is 0 Å². The Morgan fingerprint density at radius 3 is 2.63 bits per heavy atom. The third kappa shape index (κ3) is 2.73. The van der Waals surface area contributed by atoms with Crippen molar-refractivity contribution in [2.75, 3.05) is 0 Å². The summed E-state index contributed by atoms with van der Waals surface area (Å²) in [6.45, 7) is 8.16. The Balaban J connectivity index is 2.37. The standard InChI is InChI=1S/C17H22O2/c1-5-7-16(18)15-10-14-9-13(6-2)8-11(3)17(14)19-12(15)4/h8-9H,5-7,10H2,1-4H3. The van der Waals surface area contributed by atoms with Crippen molar-refractivity contribution in [3.05, 3.63) is 40.2 Å². The van der Waals surface area contributed by atoms with Crippen LogP contribution in [0, 0.1) is 6.92 Å². The summed E-state index contributed by atoms with van der Waals surface area (Å²) in [7, 11) is 0. The van der Waals surface area contributed by atoms with E-state index in [0.717, 1.165) is 41.1 Å². The highest BCUT2D eigenvalue weighted by atomic mass is 16.5. The van der Waals surface area contributed by atoms with Gasteiger partial charge >= 0.3 is 0 Å². The fourth-order valence-electron chi connectivity index (χ4n) is 2.61. The van der Waals surface area contributed by atoms with E-state index in [1.165, 1.54) is 5.56 Å². The number of allylic oxidation sites excluding steroid dienone is 2. The first-order valence-corrected chi connectivity index (χ1v) is 7.10. The van der Waals surface area contributed by atoms with Crippen LogP contribution in [0.25, 0.3) is 0 Å². The van der Waals surface area contributed by atoms with Crippen LogP contribution in [0.1, 0.15) is 50.3 Å². The van der Waals surface area contributed by atoms with Crippen LogP contribution < -0.4 is 4.74 Å². The van der Waals surface area contributed by atoms with Gasteiger partial charge in [-0.3, -0.25) is 4.79 Å². The molecule has 0 saturated carbocycles. The Labute approximate surface area is 115 Å². The molecule has 1 aliphatic rings. The number of Topliss-reactive ketones (excluding diaryl/α,β-unsaturated/α-hetero) is 1. The highest BCUT2D eigenvalue weighted by Crippen LogP contribution is 2.34. The first-order valence-electron chi connectivity index (χ1n) is 7.10. The molecule has 0 saturated heterocycles. The molecule has 1 aromatic carbocycles. The quantitative estimate of drug-likeness (QED) is 0.811. The summed E-state index contributed by atoms with van der Waals surface area (Å²) in [5.74, 6) is 1.95. The minimum absolute atomic E-state index is 0.227. The van der Waals surface area contributed by atoms with Crippen LogP contribution in [0.3, 0.4) is 0 Å². The molecule has 19 heavy (non-hydrogen) atoms. The van der Waals surface area contributed by atoms with E-state index in [1.807, 2.05) is 13.8 Å². The number of carbonyl (C=O) groups is 1. The molecule has 2 nitrogen and oxygen atoms in total. The predicted octanol–water partition coefficient (Wildman–Crippen LogP) is 4.14. The van der Waals surface area contributed by atoms with Gasteiger partial charge in [-0.05, 0) is 43.4 Å². The van der Waals surface area contributed by atoms with Crippen molar-refractivity contribution in [1.82, 2.24) is 0 Å². The van der Waals surface area contributed by atoms with E-state index >= 15 is 0 Å². The monoisotopic (exact) mass is 258 g/mol. The van der Waals surface area contributed by atoms with Crippen LogP contribution in [0.5, 0.6) is 5.75 Å². The number of fused-ring (bicyclic) bond motifs is 1. The number of ether oxygens (including phenoxy) is 1. The van der Waals surface area contributed by atoms with Crippen LogP contribution in [0.15, 0.2) is 23.5 Å². The van der Waals surface area contributed by atoms with Crippen molar-refractivity contribution in [2.24, 2.45) is 0 Å². The van der Waals surface area contributed by atoms with E-state index < -0.39 is 0 Å². The molecule has 0 bridgehead atoms. The van der Waals surface area contributed by atoms with E-state index in [-0.39, 0.29) is 5.78 Å². The lowest BCUT2D eigenvalue weighted by atomic mass is 9.92. The topological polar surface area (TPSA) is 26.3 Å². The van der Waals surface area contributed by atoms with Crippen LogP contribution in [-0.2, 0) is 17.6 Å². The van der Waals surface area contributed by atoms with Crippen molar-refractivity contribution >= 4 is 5.78 Å². The minimum Gasteiger partial charge on any atom is -0.461 e. The fourth-order valence-corrected chi connectivity index (χ4v) is 2.61. The number of rotatable bonds is 4. The van der Waals surface area contributed by atoms with Gasteiger partial charge in [0, 0.05) is 18.4 Å². The average molecular weight is 258 g/mol. The van der Waals surface area contributed by atoms with Crippen LogP contribution in [0.4, 0.5) is 0 Å². The van der Waals surface area contributed by atoms with Gasteiger partial charge < -0.3 is 4.74 Å². The Morgan fingerprint density at radius 2 is 2.00 bits per heavy atom. The van der Waals surface area contributed by atoms with Crippen molar-refractivity contribution < 1.29 is 9.53 Å². The Hall–Kier alpha value is -1.57. The summed E-state index contributed by atoms with van der Waals surface area (Å²) >= 11 is 0. The van der Waals surface area contributed by atoms with Gasteiger partial charge in [0.15, 0.2) is 5.78 Å². The maximum atomic E-state index is 12.1. The molecule has 1 heterocycles. The smallest absolute Gasteiger partial charge is 0.162 e. The Bertz CT molecular complexity index is 538. The van der Waals surface area contributed by atoms with Crippen molar-refractivity contribution in [3.8, 4) is 5.75 Å². The van der Waals surface area contributed by atoms with Crippen LogP contribution in [-0.4, -0.2) is 5.78 Å². The molecule has 102 valence electrons. The second kappa shape index (κ2) is 5.60. The van der Waals surface area contributed by atoms with Gasteiger partial charge in [-0.15, -0.1) is 0 Å². The predicted molar refractivity (Wildman–Crippen MR) is 77.5 cm³/mol. The third-order valence-corrected chi connectivity index (χ3v) is 3.68. The number of hydrogen-bond donors (Lipinski definition) is 0. The Morgan fingerprint density at radius 1 is 1.26 bits per heavy atom. The van der Waals surface area contributed by atoms with Crippen LogP contribution >= 0.6 is 0 Å². The van der Waals surface area contributed by atoms with Gasteiger partial charge in [-0.1, -0.05) is 26.0 Å². The Kier molecular flexibility index (Phi) is 4.08. The summed E-state index contributed by atoms with van der Waals surface area (Å²) in [6, 6.07) is 4.35. The largest absolute Gasteiger partial charge is 0.461 e. The average Bonchev–Trinajstić information content (AvgIpc) is 2.39. The zero-order chi connectivity index (χ0) is 14.0. The molecule has 0 N–H and O–H groups in total. The number of carbonyl (C=O) groups excluding carboxylic acids is 1. The van der Waals surface area contributed by atoms with Gasteiger partial charge in [-0.2, -0.15) is 0 Å². The lowest BCUT2D eigenvalue weighted by molar-refractivity contribution is -0.115. The molecule has 0 radical (unpaired) electrons. The van der Waals surface area contributed by atoms with Gasteiger partial charge in [0.25, 0.3) is 0 Å². The normalized spacial score (nSPS) is 14.1. The first kappa shape index (κ1) is 13.9. The summed E-state index contributed by atoms with van der Waals surface area (Å²) in [5, 5.41) is 0. The summed E-state index contributed by atoms with van der Waals surface area (Å²) in [4.78, 5) is 12.1. The molecule has 2 rings (SSSR count). The molecular formula is C17H22O2. The molecule has 0 spiro atoms. The minimum atomic E-state index is 0.227. The SMILES string of the molecule is CCCC(=O)C1=C(C)Oc2c(C)cc(CC)cc2C1. The van der Waals surface area contributed by atoms with Gasteiger partial charge in [0.2, 0.25) is 0 Å². The van der Waals surface area contributed by atoms with E-state index in [4.69, 9.17) is 4.74 Å². The summed E-state index contributed by atoms with van der Waals surface area (Å²) in [5.41, 5.74) is 4.47. The number of aryl methyl sites for hydroxylation is 2. The molecule has 0 unspecified atom stereocenters. The fraction of sp³-hybridized carbons (Fsp3) is 0.471. The van der Waals surface area contributed by atoms with Crippen LogP contribution in [0.2, 0.25) is 0 Å². The molecule has 2 heteroatoms. The third-order valence-electron chi connectivity index (χ3n) is 3.68.